The summed E-state index contributed by atoms with van der Waals surface area (Å²) in [5, 5.41) is 0. The maximum atomic E-state index is 12.0. The molecule has 3 N–H and O–H groups in total. The minimum absolute atomic E-state index is 0.143. The number of rotatable bonds is 5. The Morgan fingerprint density at radius 2 is 2.28 bits per heavy atom. The Morgan fingerprint density at radius 1 is 1.50 bits per heavy atom. The summed E-state index contributed by atoms with van der Waals surface area (Å²) in [5.74, 6) is 0.575. The Labute approximate surface area is 110 Å². The zero-order valence-electron chi connectivity index (χ0n) is 9.84. The van der Waals surface area contributed by atoms with E-state index in [1.807, 2.05) is 6.92 Å². The summed E-state index contributed by atoms with van der Waals surface area (Å²) in [6.45, 7) is 2.35. The van der Waals surface area contributed by atoms with E-state index in [1.54, 1.807) is 18.2 Å². The van der Waals surface area contributed by atoms with Crippen molar-refractivity contribution in [3.63, 3.8) is 0 Å². The van der Waals surface area contributed by atoms with E-state index in [-0.39, 0.29) is 10.8 Å². The topological polar surface area (TPSA) is 85.3 Å². The molecule has 0 radical (unpaired) electrons. The number of aryl methyl sites for hydroxylation is 1. The Hall–Kier alpha value is -1.15. The average Bonchev–Trinajstić information content (AvgIpc) is 2.95. The van der Waals surface area contributed by atoms with Crippen LogP contribution in [0.1, 0.15) is 16.2 Å². The molecule has 0 aliphatic heterocycles. The van der Waals surface area contributed by atoms with Crippen molar-refractivity contribution in [3.8, 4) is 0 Å². The van der Waals surface area contributed by atoms with Crippen LogP contribution in [0.4, 0.5) is 0 Å². The molecule has 98 valence electrons. The van der Waals surface area contributed by atoms with Crippen LogP contribution >= 0.6 is 11.3 Å². The lowest BCUT2D eigenvalue weighted by Crippen LogP contribution is -2.22. The molecular weight excluding hydrogens is 272 g/mol. The molecule has 0 saturated carbocycles. The van der Waals surface area contributed by atoms with Crippen molar-refractivity contribution in [2.24, 2.45) is 5.73 Å². The van der Waals surface area contributed by atoms with E-state index in [0.717, 1.165) is 10.4 Å². The minimum Gasteiger partial charge on any atom is -0.468 e. The van der Waals surface area contributed by atoms with E-state index in [1.165, 1.54) is 17.6 Å². The van der Waals surface area contributed by atoms with Crippen LogP contribution in [0.3, 0.4) is 0 Å². The molecule has 0 aromatic carbocycles. The number of furan rings is 1. The van der Waals surface area contributed by atoms with Gasteiger partial charge in [-0.3, -0.25) is 0 Å². The van der Waals surface area contributed by atoms with Gasteiger partial charge in [-0.05, 0) is 30.7 Å². The van der Waals surface area contributed by atoms with Crippen molar-refractivity contribution in [1.82, 2.24) is 4.72 Å². The summed E-state index contributed by atoms with van der Waals surface area (Å²) in [5.41, 5.74) is 6.44. The maximum absolute atomic E-state index is 12.0. The molecule has 0 amide bonds. The van der Waals surface area contributed by atoms with Gasteiger partial charge in [0, 0.05) is 11.4 Å². The molecule has 2 aromatic rings. The van der Waals surface area contributed by atoms with Gasteiger partial charge in [0.25, 0.3) is 0 Å². The van der Waals surface area contributed by atoms with E-state index in [9.17, 15) is 8.42 Å². The first-order valence-electron chi connectivity index (χ1n) is 5.34. The first-order valence-corrected chi connectivity index (χ1v) is 7.64. The number of thiophene rings is 1. The van der Waals surface area contributed by atoms with Crippen LogP contribution in [-0.4, -0.2) is 8.42 Å². The molecule has 0 spiro atoms. The minimum atomic E-state index is -3.50. The van der Waals surface area contributed by atoms with Gasteiger partial charge in [-0.25, -0.2) is 13.1 Å². The highest BCUT2D eigenvalue weighted by Crippen LogP contribution is 2.25. The van der Waals surface area contributed by atoms with Crippen molar-refractivity contribution in [2.75, 3.05) is 0 Å². The second-order valence-electron chi connectivity index (χ2n) is 3.78. The third kappa shape index (κ3) is 2.81. The molecule has 18 heavy (non-hydrogen) atoms. The summed E-state index contributed by atoms with van der Waals surface area (Å²) >= 11 is 1.20. The Bertz CT molecular complexity index is 615. The van der Waals surface area contributed by atoms with Gasteiger partial charge in [-0.15, -0.1) is 11.3 Å². The lowest BCUT2D eigenvalue weighted by molar-refractivity contribution is 0.499. The van der Waals surface area contributed by atoms with Crippen molar-refractivity contribution in [3.05, 3.63) is 40.7 Å². The molecule has 2 aromatic heterocycles. The summed E-state index contributed by atoms with van der Waals surface area (Å²) in [4.78, 5) is 0.883. The zero-order chi connectivity index (χ0) is 13.2. The molecule has 0 saturated heterocycles. The van der Waals surface area contributed by atoms with Crippen molar-refractivity contribution in [2.45, 2.75) is 24.2 Å². The van der Waals surface area contributed by atoms with Crippen LogP contribution in [0, 0.1) is 6.92 Å². The van der Waals surface area contributed by atoms with Crippen LogP contribution < -0.4 is 10.5 Å². The summed E-state index contributed by atoms with van der Waals surface area (Å²) in [6.07, 6.45) is 1.51. The highest BCUT2D eigenvalue weighted by atomic mass is 32.2. The number of sulfonamides is 1. The molecule has 0 unspecified atom stereocenters. The first-order chi connectivity index (χ1) is 8.53. The molecule has 0 fully saturated rings. The zero-order valence-corrected chi connectivity index (χ0v) is 11.5. The normalized spacial score (nSPS) is 11.9. The van der Waals surface area contributed by atoms with Gasteiger partial charge in [0.1, 0.15) is 9.97 Å². The fraction of sp³-hybridized carbons (Fsp3) is 0.273. The predicted octanol–water partition coefficient (Wildman–Crippen LogP) is 1.59. The lowest BCUT2D eigenvalue weighted by Gasteiger charge is -2.02. The van der Waals surface area contributed by atoms with Gasteiger partial charge in [-0.2, -0.15) is 0 Å². The van der Waals surface area contributed by atoms with Gasteiger partial charge in [-0.1, -0.05) is 0 Å². The number of nitrogens with two attached hydrogens (primary N) is 1. The first kappa shape index (κ1) is 13.3. The summed E-state index contributed by atoms with van der Waals surface area (Å²) < 4.78 is 31.9. The fourth-order valence-corrected chi connectivity index (χ4v) is 3.98. The number of hydrogen-bond acceptors (Lipinski definition) is 5. The molecule has 0 aliphatic rings. The van der Waals surface area contributed by atoms with Crippen molar-refractivity contribution < 1.29 is 12.8 Å². The Morgan fingerprint density at radius 3 is 2.83 bits per heavy atom. The standard InChI is InChI=1S/C11H14N2O3S2/c1-8-5-11(17-10(8)6-12)18(14,15)13-7-9-3-2-4-16-9/h2-5,13H,6-7,12H2,1H3. The predicted molar refractivity (Wildman–Crippen MR) is 69.7 cm³/mol. The van der Waals surface area contributed by atoms with E-state index >= 15 is 0 Å². The van der Waals surface area contributed by atoms with Crippen LogP contribution in [0.15, 0.2) is 33.1 Å². The average molecular weight is 286 g/mol. The van der Waals surface area contributed by atoms with E-state index in [4.69, 9.17) is 10.2 Å². The number of nitrogens with one attached hydrogen (secondary N) is 1. The van der Waals surface area contributed by atoms with Crippen LogP contribution in [-0.2, 0) is 23.1 Å². The number of hydrogen-bond donors (Lipinski definition) is 2. The fourth-order valence-electron chi connectivity index (χ4n) is 1.47. The lowest BCUT2D eigenvalue weighted by atomic mass is 10.3. The van der Waals surface area contributed by atoms with Crippen LogP contribution in [0.25, 0.3) is 0 Å². The van der Waals surface area contributed by atoms with Crippen LogP contribution in [0.5, 0.6) is 0 Å². The SMILES string of the molecule is Cc1cc(S(=O)(=O)NCc2ccco2)sc1CN. The molecule has 0 aliphatic carbocycles. The van der Waals surface area contributed by atoms with E-state index in [2.05, 4.69) is 4.72 Å². The molecule has 0 bridgehead atoms. The van der Waals surface area contributed by atoms with Gasteiger partial charge in [0.2, 0.25) is 10.0 Å². The molecule has 7 heteroatoms. The third-order valence-corrected chi connectivity index (χ3v) is 5.60. The second kappa shape index (κ2) is 5.23. The van der Waals surface area contributed by atoms with Gasteiger partial charge in [0.15, 0.2) is 0 Å². The van der Waals surface area contributed by atoms with E-state index in [0.29, 0.717) is 12.3 Å². The third-order valence-electron chi connectivity index (χ3n) is 2.46. The molecule has 5 nitrogen and oxygen atoms in total. The largest absolute Gasteiger partial charge is 0.468 e. The Kier molecular flexibility index (Phi) is 3.86. The molecule has 2 rings (SSSR count). The van der Waals surface area contributed by atoms with Crippen molar-refractivity contribution >= 4 is 21.4 Å². The second-order valence-corrected chi connectivity index (χ2v) is 6.91. The molecule has 2 heterocycles. The monoisotopic (exact) mass is 286 g/mol. The van der Waals surface area contributed by atoms with Crippen molar-refractivity contribution in [1.29, 1.82) is 0 Å². The highest BCUT2D eigenvalue weighted by molar-refractivity contribution is 7.91. The van der Waals surface area contributed by atoms with E-state index < -0.39 is 10.0 Å². The van der Waals surface area contributed by atoms with Crippen LogP contribution in [0.2, 0.25) is 0 Å². The van der Waals surface area contributed by atoms with Gasteiger partial charge >= 0.3 is 0 Å². The molecule has 0 atom stereocenters. The summed E-state index contributed by atoms with van der Waals surface area (Å²) in [7, 11) is -3.50. The Balaban J connectivity index is 2.14. The van der Waals surface area contributed by atoms with Gasteiger partial charge in [0.05, 0.1) is 12.8 Å². The highest BCUT2D eigenvalue weighted by Gasteiger charge is 2.18. The van der Waals surface area contributed by atoms with Gasteiger partial charge < -0.3 is 10.2 Å². The summed E-state index contributed by atoms with van der Waals surface area (Å²) in [6, 6.07) is 5.07. The smallest absolute Gasteiger partial charge is 0.250 e. The molecular formula is C11H14N2O3S2. The maximum Gasteiger partial charge on any atom is 0.250 e. The quantitative estimate of drug-likeness (QED) is 0.874.